The highest BCUT2D eigenvalue weighted by molar-refractivity contribution is 5.87. The van der Waals surface area contributed by atoms with Crippen LogP contribution in [0.2, 0.25) is 0 Å². The first-order chi connectivity index (χ1) is 7.74. The van der Waals surface area contributed by atoms with E-state index in [1.165, 1.54) is 0 Å². The lowest BCUT2D eigenvalue weighted by Crippen LogP contribution is -2.08. The summed E-state index contributed by atoms with van der Waals surface area (Å²) in [7, 11) is 0. The van der Waals surface area contributed by atoms with Gasteiger partial charge in [0.15, 0.2) is 5.75 Å². The Labute approximate surface area is 95.6 Å². The van der Waals surface area contributed by atoms with Crippen LogP contribution < -0.4 is 4.89 Å². The molecule has 0 aliphatic heterocycles. The summed E-state index contributed by atoms with van der Waals surface area (Å²) in [4.78, 5) is 21.0. The molecule has 0 heterocycles. The van der Waals surface area contributed by atoms with Crippen LogP contribution in [0.15, 0.2) is 42.0 Å². The number of carbonyl (C=O) groups excluding carboxylic acids is 1. The van der Waals surface area contributed by atoms with Crippen LogP contribution in [-0.4, -0.2) is 5.97 Å². The first-order valence-corrected chi connectivity index (χ1v) is 5.34. The number of rotatable bonds is 5. The van der Waals surface area contributed by atoms with Crippen molar-refractivity contribution in [1.82, 2.24) is 0 Å². The fourth-order valence-corrected chi connectivity index (χ4v) is 1.07. The van der Waals surface area contributed by atoms with Crippen molar-refractivity contribution in [2.45, 2.75) is 26.7 Å². The zero-order chi connectivity index (χ0) is 11.8. The van der Waals surface area contributed by atoms with Crippen LogP contribution in [0.4, 0.5) is 0 Å². The maximum Gasteiger partial charge on any atom is 0.381 e. The fraction of sp³-hybridized carbons (Fsp3) is 0.308. The molecule has 0 bridgehead atoms. The Bertz CT molecular complexity index is 355. The number of hydrogen-bond donors (Lipinski definition) is 0. The van der Waals surface area contributed by atoms with Gasteiger partial charge in [-0.1, -0.05) is 37.6 Å². The Hall–Kier alpha value is -1.77. The zero-order valence-electron chi connectivity index (χ0n) is 9.60. The van der Waals surface area contributed by atoms with E-state index in [1.807, 2.05) is 24.3 Å². The predicted octanol–water partition coefficient (Wildman–Crippen LogP) is 3.27. The third kappa shape index (κ3) is 4.17. The van der Waals surface area contributed by atoms with E-state index >= 15 is 0 Å². The molecule has 0 fully saturated rings. The average Bonchev–Trinajstić information content (AvgIpc) is 2.34. The second kappa shape index (κ2) is 6.67. The van der Waals surface area contributed by atoms with Gasteiger partial charge in [-0.25, -0.2) is 9.68 Å². The summed E-state index contributed by atoms with van der Waals surface area (Å²) < 4.78 is 0. The lowest BCUT2D eigenvalue weighted by molar-refractivity contribution is -0.208. The van der Waals surface area contributed by atoms with Gasteiger partial charge in [-0.3, -0.25) is 4.89 Å². The number of benzene rings is 1. The fourth-order valence-electron chi connectivity index (χ4n) is 1.07. The van der Waals surface area contributed by atoms with Crippen LogP contribution in [0.5, 0.6) is 5.75 Å². The van der Waals surface area contributed by atoms with Gasteiger partial charge in [-0.05, 0) is 25.5 Å². The topological polar surface area (TPSA) is 35.5 Å². The highest BCUT2D eigenvalue weighted by Gasteiger charge is 2.07. The Balaban J connectivity index is 2.41. The Morgan fingerprint density at radius 2 is 2.00 bits per heavy atom. The molecule has 0 atom stereocenters. The molecule has 0 aliphatic carbocycles. The zero-order valence-corrected chi connectivity index (χ0v) is 9.60. The Kier molecular flexibility index (Phi) is 5.12. The van der Waals surface area contributed by atoms with Crippen molar-refractivity contribution in [3.63, 3.8) is 0 Å². The second-order valence-electron chi connectivity index (χ2n) is 3.44. The van der Waals surface area contributed by atoms with Gasteiger partial charge >= 0.3 is 5.97 Å². The van der Waals surface area contributed by atoms with E-state index in [1.54, 1.807) is 19.1 Å². The van der Waals surface area contributed by atoms with E-state index in [-0.39, 0.29) is 0 Å². The summed E-state index contributed by atoms with van der Waals surface area (Å²) in [5.41, 5.74) is 0.567. The molecule has 0 N–H and O–H groups in total. The maximum atomic E-state index is 11.4. The summed E-state index contributed by atoms with van der Waals surface area (Å²) in [6.07, 6.45) is 3.72. The van der Waals surface area contributed by atoms with Crippen LogP contribution in [0, 0.1) is 0 Å². The molecule has 0 saturated heterocycles. The van der Waals surface area contributed by atoms with Gasteiger partial charge < -0.3 is 0 Å². The summed E-state index contributed by atoms with van der Waals surface area (Å²) in [5, 5.41) is 0. The molecule has 3 nitrogen and oxygen atoms in total. The van der Waals surface area contributed by atoms with E-state index in [4.69, 9.17) is 4.89 Å². The largest absolute Gasteiger partial charge is 0.381 e. The molecule has 0 unspecified atom stereocenters. The molecule has 86 valence electrons. The molecule has 1 rings (SSSR count). The maximum absolute atomic E-state index is 11.4. The predicted molar refractivity (Wildman–Crippen MR) is 61.8 cm³/mol. The van der Waals surface area contributed by atoms with Crippen molar-refractivity contribution in [3.05, 3.63) is 42.0 Å². The van der Waals surface area contributed by atoms with Gasteiger partial charge in [0.25, 0.3) is 0 Å². The van der Waals surface area contributed by atoms with Crippen LogP contribution in [0.25, 0.3) is 0 Å². The first-order valence-electron chi connectivity index (χ1n) is 5.34. The highest BCUT2D eigenvalue weighted by atomic mass is 17.2. The number of unbranched alkanes of at least 4 members (excludes halogenated alkanes) is 1. The standard InChI is InChI=1S/C13H16O3/c1-3-4-8-11(2)13(14)16-15-12-9-6-5-7-10-12/h5-10H,3-4H2,1-2H3. The molecule has 1 aromatic rings. The van der Waals surface area contributed by atoms with E-state index < -0.39 is 5.97 Å². The number of carbonyl (C=O) groups is 1. The molecule has 0 aliphatic rings. The van der Waals surface area contributed by atoms with E-state index in [0.717, 1.165) is 12.8 Å². The molecule has 16 heavy (non-hydrogen) atoms. The molecule has 0 aromatic heterocycles. The van der Waals surface area contributed by atoms with Crippen molar-refractivity contribution < 1.29 is 14.6 Å². The molecule has 0 radical (unpaired) electrons. The van der Waals surface area contributed by atoms with Crippen molar-refractivity contribution in [2.75, 3.05) is 0 Å². The summed E-state index contributed by atoms with van der Waals surface area (Å²) in [6, 6.07) is 8.92. The van der Waals surface area contributed by atoms with E-state index in [0.29, 0.717) is 11.3 Å². The first kappa shape index (κ1) is 12.3. The van der Waals surface area contributed by atoms with Crippen molar-refractivity contribution in [3.8, 4) is 5.75 Å². The van der Waals surface area contributed by atoms with Gasteiger partial charge in [0.1, 0.15) is 0 Å². The van der Waals surface area contributed by atoms with Gasteiger partial charge in [0.2, 0.25) is 0 Å². The number of hydrogen-bond acceptors (Lipinski definition) is 3. The highest BCUT2D eigenvalue weighted by Crippen LogP contribution is 2.10. The Morgan fingerprint density at radius 1 is 1.31 bits per heavy atom. The minimum atomic E-state index is -0.447. The van der Waals surface area contributed by atoms with Gasteiger partial charge in [0, 0.05) is 5.57 Å². The lowest BCUT2D eigenvalue weighted by atomic mass is 10.2. The molecule has 0 spiro atoms. The summed E-state index contributed by atoms with van der Waals surface area (Å²) >= 11 is 0. The smallest absolute Gasteiger partial charge is 0.287 e. The van der Waals surface area contributed by atoms with Crippen molar-refractivity contribution >= 4 is 5.97 Å². The number of allylic oxidation sites excluding steroid dienone is 1. The summed E-state index contributed by atoms with van der Waals surface area (Å²) in [5.74, 6) is 0.0662. The summed E-state index contributed by atoms with van der Waals surface area (Å²) in [6.45, 7) is 3.77. The third-order valence-electron chi connectivity index (χ3n) is 2.02. The van der Waals surface area contributed by atoms with E-state index in [2.05, 4.69) is 11.8 Å². The normalized spacial score (nSPS) is 11.0. The second-order valence-corrected chi connectivity index (χ2v) is 3.44. The molecular weight excluding hydrogens is 204 g/mol. The lowest BCUT2D eigenvalue weighted by Gasteiger charge is -2.03. The molecular formula is C13H16O3. The van der Waals surface area contributed by atoms with Crippen LogP contribution in [-0.2, 0) is 9.68 Å². The number of para-hydroxylation sites is 1. The quantitative estimate of drug-likeness (QED) is 0.434. The van der Waals surface area contributed by atoms with E-state index in [9.17, 15) is 4.79 Å². The average molecular weight is 220 g/mol. The van der Waals surface area contributed by atoms with Crippen molar-refractivity contribution in [2.24, 2.45) is 0 Å². The SMILES string of the molecule is CCCC=C(C)C(=O)OOc1ccccc1. The molecule has 3 heteroatoms. The molecule has 0 saturated carbocycles. The van der Waals surface area contributed by atoms with Gasteiger partial charge in [0.05, 0.1) is 0 Å². The Morgan fingerprint density at radius 3 is 2.62 bits per heavy atom. The monoisotopic (exact) mass is 220 g/mol. The van der Waals surface area contributed by atoms with Gasteiger partial charge in [-0.2, -0.15) is 0 Å². The molecule has 0 amide bonds. The molecule has 1 aromatic carbocycles. The van der Waals surface area contributed by atoms with Crippen LogP contribution in [0.3, 0.4) is 0 Å². The minimum absolute atomic E-state index is 0.447. The van der Waals surface area contributed by atoms with Crippen LogP contribution in [0.1, 0.15) is 26.7 Å². The van der Waals surface area contributed by atoms with Gasteiger partial charge in [-0.15, -0.1) is 0 Å². The van der Waals surface area contributed by atoms with Crippen LogP contribution >= 0.6 is 0 Å². The van der Waals surface area contributed by atoms with Crippen molar-refractivity contribution in [1.29, 1.82) is 0 Å². The third-order valence-corrected chi connectivity index (χ3v) is 2.02. The minimum Gasteiger partial charge on any atom is -0.287 e.